The van der Waals surface area contributed by atoms with Crippen molar-refractivity contribution in [2.45, 2.75) is 57.7 Å². The third-order valence-corrected chi connectivity index (χ3v) is 6.11. The fourth-order valence-corrected chi connectivity index (χ4v) is 4.29. The van der Waals surface area contributed by atoms with Gasteiger partial charge < -0.3 is 14.3 Å². The lowest BCUT2D eigenvalue weighted by Gasteiger charge is -2.21. The van der Waals surface area contributed by atoms with Crippen LogP contribution in [0.15, 0.2) is 72.8 Å². The van der Waals surface area contributed by atoms with Crippen molar-refractivity contribution in [1.29, 1.82) is 0 Å². The topological polar surface area (TPSA) is 69.7 Å². The van der Waals surface area contributed by atoms with E-state index in [0.29, 0.717) is 24.0 Å². The van der Waals surface area contributed by atoms with Gasteiger partial charge >= 0.3 is 11.9 Å². The molecule has 174 valence electrons. The number of ether oxygens (including phenoxy) is 2. The molecular weight excluding hydrogens is 416 g/mol. The average Bonchev–Trinajstić information content (AvgIpc) is 3.17. The molecule has 3 rings (SSSR count). The predicted octanol–water partition coefficient (Wildman–Crippen LogP) is 5.80. The Labute approximate surface area is 195 Å². The first kappa shape index (κ1) is 24.4. The van der Waals surface area contributed by atoms with E-state index in [1.54, 1.807) is 48.5 Å². The van der Waals surface area contributed by atoms with Crippen molar-refractivity contribution in [3.8, 4) is 0 Å². The summed E-state index contributed by atoms with van der Waals surface area (Å²) in [5, 5.41) is 0. The second-order valence-corrected chi connectivity index (χ2v) is 8.44. The van der Waals surface area contributed by atoms with E-state index in [2.05, 4.69) is 19.1 Å². The molecule has 0 unspecified atom stereocenters. The highest BCUT2D eigenvalue weighted by Gasteiger charge is 2.46. The third-order valence-electron chi connectivity index (χ3n) is 6.11. The van der Waals surface area contributed by atoms with E-state index in [0.717, 1.165) is 25.5 Å². The number of aldehydes is 1. The molecule has 1 saturated carbocycles. The van der Waals surface area contributed by atoms with Crippen LogP contribution in [0.3, 0.4) is 0 Å². The Bertz CT molecular complexity index is 922. The first-order valence-electron chi connectivity index (χ1n) is 11.8. The Morgan fingerprint density at radius 1 is 0.848 bits per heavy atom. The normalized spacial score (nSPS) is 22.2. The van der Waals surface area contributed by atoms with Gasteiger partial charge in [0, 0.05) is 12.3 Å². The number of hydrogen-bond acceptors (Lipinski definition) is 5. The van der Waals surface area contributed by atoms with Crippen LogP contribution in [0.25, 0.3) is 0 Å². The molecule has 1 fully saturated rings. The Hall–Kier alpha value is -3.21. The summed E-state index contributed by atoms with van der Waals surface area (Å²) in [7, 11) is 0. The number of carbonyl (C=O) groups excluding carboxylic acids is 3. The van der Waals surface area contributed by atoms with Crippen LogP contribution in [0.5, 0.6) is 0 Å². The van der Waals surface area contributed by atoms with E-state index < -0.39 is 30.1 Å². The zero-order valence-corrected chi connectivity index (χ0v) is 19.1. The van der Waals surface area contributed by atoms with Gasteiger partial charge in [0.25, 0.3) is 0 Å². The number of carbonyl (C=O) groups is 3. The van der Waals surface area contributed by atoms with Crippen LogP contribution in [0.4, 0.5) is 0 Å². The molecule has 1 aliphatic rings. The molecule has 2 aromatic carbocycles. The van der Waals surface area contributed by atoms with Crippen molar-refractivity contribution >= 4 is 18.2 Å². The molecule has 5 nitrogen and oxygen atoms in total. The molecule has 0 amide bonds. The van der Waals surface area contributed by atoms with Crippen molar-refractivity contribution in [3.05, 3.63) is 83.9 Å². The smallest absolute Gasteiger partial charge is 0.338 e. The Kier molecular flexibility index (Phi) is 9.43. The molecule has 1 aliphatic carbocycles. The maximum Gasteiger partial charge on any atom is 0.338 e. The predicted molar refractivity (Wildman–Crippen MR) is 127 cm³/mol. The lowest BCUT2D eigenvalue weighted by molar-refractivity contribution is -0.115. The Morgan fingerprint density at radius 2 is 1.42 bits per heavy atom. The Morgan fingerprint density at radius 3 is 1.97 bits per heavy atom. The number of hydrogen-bond donors (Lipinski definition) is 0. The van der Waals surface area contributed by atoms with E-state index in [1.165, 1.54) is 6.42 Å². The van der Waals surface area contributed by atoms with E-state index in [-0.39, 0.29) is 5.92 Å². The first-order chi connectivity index (χ1) is 16.1. The maximum absolute atomic E-state index is 12.7. The summed E-state index contributed by atoms with van der Waals surface area (Å²) in [5.74, 6) is -1.69. The molecule has 0 bridgehead atoms. The number of esters is 2. The monoisotopic (exact) mass is 448 g/mol. The molecule has 2 aromatic rings. The van der Waals surface area contributed by atoms with Crippen molar-refractivity contribution in [1.82, 2.24) is 0 Å². The largest absolute Gasteiger partial charge is 0.458 e. The lowest BCUT2D eigenvalue weighted by Crippen LogP contribution is -2.28. The van der Waals surface area contributed by atoms with Gasteiger partial charge in [-0.15, -0.1) is 0 Å². The minimum atomic E-state index is -0.637. The summed E-state index contributed by atoms with van der Waals surface area (Å²) in [6, 6.07) is 17.5. The second kappa shape index (κ2) is 12.7. The summed E-state index contributed by atoms with van der Waals surface area (Å²) >= 11 is 0. The van der Waals surface area contributed by atoms with E-state index in [4.69, 9.17) is 9.47 Å². The minimum Gasteiger partial charge on any atom is -0.458 e. The van der Waals surface area contributed by atoms with Gasteiger partial charge in [0.15, 0.2) is 0 Å². The average molecular weight is 449 g/mol. The van der Waals surface area contributed by atoms with Crippen LogP contribution in [0, 0.1) is 11.8 Å². The van der Waals surface area contributed by atoms with Gasteiger partial charge in [-0.1, -0.05) is 68.3 Å². The molecule has 0 radical (unpaired) electrons. The van der Waals surface area contributed by atoms with E-state index >= 15 is 0 Å². The van der Waals surface area contributed by atoms with Gasteiger partial charge in [-0.05, 0) is 43.5 Å². The van der Waals surface area contributed by atoms with Gasteiger partial charge in [0.2, 0.25) is 0 Å². The summed E-state index contributed by atoms with van der Waals surface area (Å²) in [6.45, 7) is 2.17. The van der Waals surface area contributed by atoms with Gasteiger partial charge in [0.1, 0.15) is 18.5 Å². The van der Waals surface area contributed by atoms with Crippen molar-refractivity contribution in [2.75, 3.05) is 0 Å². The summed E-state index contributed by atoms with van der Waals surface area (Å²) in [6.07, 6.45) is 9.20. The van der Waals surface area contributed by atoms with Crippen LogP contribution >= 0.6 is 0 Å². The van der Waals surface area contributed by atoms with Gasteiger partial charge in [-0.25, -0.2) is 9.59 Å². The van der Waals surface area contributed by atoms with Crippen LogP contribution in [0.2, 0.25) is 0 Å². The fraction of sp³-hybridized carbons (Fsp3) is 0.393. The molecule has 33 heavy (non-hydrogen) atoms. The molecule has 0 aliphatic heterocycles. The zero-order chi connectivity index (χ0) is 23.5. The highest BCUT2D eigenvalue weighted by atomic mass is 16.6. The van der Waals surface area contributed by atoms with Gasteiger partial charge in [-0.3, -0.25) is 0 Å². The molecule has 0 spiro atoms. The van der Waals surface area contributed by atoms with Gasteiger partial charge in [-0.2, -0.15) is 0 Å². The standard InChI is InChI=1S/C28H32O5/c1-2-3-4-5-6-13-18-23-24(20-29)26(33-28(31)22-16-11-8-12-17-22)19-25(23)32-27(30)21-14-9-7-10-15-21/h6-17,20,23-26H,2-5,18-19H2,1H3/b13-6-/t23-,24+,25-,26+/m1/s1. The minimum absolute atomic E-state index is 0.244. The molecule has 0 N–H and O–H groups in total. The molecular formula is C28H32O5. The quantitative estimate of drug-likeness (QED) is 0.188. The lowest BCUT2D eigenvalue weighted by atomic mass is 9.91. The maximum atomic E-state index is 12.7. The summed E-state index contributed by atoms with van der Waals surface area (Å²) in [4.78, 5) is 37.4. The summed E-state index contributed by atoms with van der Waals surface area (Å²) < 4.78 is 11.6. The molecule has 0 saturated heterocycles. The zero-order valence-electron chi connectivity index (χ0n) is 19.1. The van der Waals surface area contributed by atoms with E-state index in [9.17, 15) is 14.4 Å². The van der Waals surface area contributed by atoms with Crippen LogP contribution < -0.4 is 0 Å². The molecule has 0 aromatic heterocycles. The Balaban J connectivity index is 1.73. The van der Waals surface area contributed by atoms with Crippen LogP contribution in [-0.4, -0.2) is 30.4 Å². The van der Waals surface area contributed by atoms with Crippen LogP contribution in [-0.2, 0) is 14.3 Å². The van der Waals surface area contributed by atoms with Crippen LogP contribution in [0.1, 0.15) is 66.2 Å². The molecule has 4 atom stereocenters. The van der Waals surface area contributed by atoms with E-state index in [1.807, 2.05) is 12.1 Å². The number of allylic oxidation sites excluding steroid dienone is 2. The number of benzene rings is 2. The van der Waals surface area contributed by atoms with Crippen molar-refractivity contribution < 1.29 is 23.9 Å². The van der Waals surface area contributed by atoms with Gasteiger partial charge in [0.05, 0.1) is 17.0 Å². The molecule has 5 heteroatoms. The molecule has 0 heterocycles. The number of unbranched alkanes of at least 4 members (excludes halogenated alkanes) is 3. The highest BCUT2D eigenvalue weighted by Crippen LogP contribution is 2.38. The summed E-state index contributed by atoms with van der Waals surface area (Å²) in [5.41, 5.74) is 0.887. The first-order valence-corrected chi connectivity index (χ1v) is 11.8. The van der Waals surface area contributed by atoms with Crippen molar-refractivity contribution in [3.63, 3.8) is 0 Å². The number of rotatable bonds is 11. The third kappa shape index (κ3) is 6.88. The van der Waals surface area contributed by atoms with Crippen molar-refractivity contribution in [2.24, 2.45) is 11.8 Å². The second-order valence-electron chi connectivity index (χ2n) is 8.44. The fourth-order valence-electron chi connectivity index (χ4n) is 4.29. The highest BCUT2D eigenvalue weighted by molar-refractivity contribution is 5.90. The SMILES string of the molecule is CCCCC/C=C\C[C@@H]1[C@H](C=O)[C@@H](OC(=O)c2ccccc2)C[C@H]1OC(=O)c1ccccc1.